The SMILES string of the molecule is COc1ccc(C)cc1S(=O)(=O)N1CC(Nc2ncccn2)C1. The summed E-state index contributed by atoms with van der Waals surface area (Å²) in [6.45, 7) is 2.60. The van der Waals surface area contributed by atoms with Gasteiger partial charge in [0.25, 0.3) is 0 Å². The molecule has 0 amide bonds. The van der Waals surface area contributed by atoms with Gasteiger partial charge in [0.15, 0.2) is 0 Å². The Balaban J connectivity index is 1.72. The summed E-state index contributed by atoms with van der Waals surface area (Å²) in [6.07, 6.45) is 3.28. The lowest BCUT2D eigenvalue weighted by Crippen LogP contribution is -2.57. The Morgan fingerprint density at radius 2 is 1.96 bits per heavy atom. The monoisotopic (exact) mass is 334 g/mol. The molecule has 1 fully saturated rings. The molecule has 1 aromatic heterocycles. The van der Waals surface area contributed by atoms with E-state index in [0.717, 1.165) is 5.56 Å². The molecule has 0 bridgehead atoms. The first-order chi connectivity index (χ1) is 11.0. The van der Waals surface area contributed by atoms with Crippen molar-refractivity contribution < 1.29 is 13.2 Å². The fraction of sp³-hybridized carbons (Fsp3) is 0.333. The standard InChI is InChI=1S/C15H18N4O3S/c1-11-4-5-13(22-2)14(8-11)23(20,21)19-9-12(10-19)18-15-16-6-3-7-17-15/h3-8,12H,9-10H2,1-2H3,(H,16,17,18). The van der Waals surface area contributed by atoms with Crippen LogP contribution in [0.3, 0.4) is 0 Å². The summed E-state index contributed by atoms with van der Waals surface area (Å²) in [5, 5.41) is 3.11. The number of ether oxygens (including phenoxy) is 1. The van der Waals surface area contributed by atoms with Crippen LogP contribution in [0.5, 0.6) is 5.75 Å². The molecule has 0 aliphatic carbocycles. The van der Waals surface area contributed by atoms with Crippen LogP contribution in [-0.2, 0) is 10.0 Å². The highest BCUT2D eigenvalue weighted by Crippen LogP contribution is 2.30. The number of aryl methyl sites for hydroxylation is 1. The van der Waals surface area contributed by atoms with E-state index < -0.39 is 10.0 Å². The molecule has 0 spiro atoms. The largest absolute Gasteiger partial charge is 0.495 e. The van der Waals surface area contributed by atoms with Gasteiger partial charge >= 0.3 is 0 Å². The molecular weight excluding hydrogens is 316 g/mol. The first kappa shape index (κ1) is 15.7. The maximum Gasteiger partial charge on any atom is 0.246 e. The van der Waals surface area contributed by atoms with Gasteiger partial charge in [-0.05, 0) is 30.7 Å². The number of rotatable bonds is 5. The molecule has 7 nitrogen and oxygen atoms in total. The van der Waals surface area contributed by atoms with Crippen molar-refractivity contribution in [1.29, 1.82) is 0 Å². The molecule has 0 radical (unpaired) electrons. The molecule has 2 heterocycles. The predicted octanol–water partition coefficient (Wildman–Crippen LogP) is 1.28. The van der Waals surface area contributed by atoms with Crippen molar-refractivity contribution in [2.45, 2.75) is 17.9 Å². The van der Waals surface area contributed by atoms with E-state index in [1.54, 1.807) is 30.6 Å². The summed E-state index contributed by atoms with van der Waals surface area (Å²) in [6, 6.07) is 6.87. The minimum absolute atomic E-state index is 0.00276. The third-order valence-electron chi connectivity index (χ3n) is 3.68. The van der Waals surface area contributed by atoms with Crippen LogP contribution in [0.1, 0.15) is 5.56 Å². The van der Waals surface area contributed by atoms with Crippen LogP contribution in [-0.4, -0.2) is 48.9 Å². The molecular formula is C15H18N4O3S. The van der Waals surface area contributed by atoms with Gasteiger partial charge in [-0.15, -0.1) is 0 Å². The topological polar surface area (TPSA) is 84.4 Å². The van der Waals surface area contributed by atoms with Crippen molar-refractivity contribution in [1.82, 2.24) is 14.3 Å². The lowest BCUT2D eigenvalue weighted by Gasteiger charge is -2.38. The van der Waals surface area contributed by atoms with Crippen molar-refractivity contribution in [3.8, 4) is 5.75 Å². The van der Waals surface area contributed by atoms with Crippen molar-refractivity contribution in [2.75, 3.05) is 25.5 Å². The van der Waals surface area contributed by atoms with Crippen LogP contribution >= 0.6 is 0 Å². The van der Waals surface area contributed by atoms with Crippen LogP contribution in [0.15, 0.2) is 41.6 Å². The number of nitrogens with zero attached hydrogens (tertiary/aromatic N) is 3. The number of nitrogens with one attached hydrogen (secondary N) is 1. The Morgan fingerprint density at radius 1 is 1.26 bits per heavy atom. The molecule has 8 heteroatoms. The summed E-state index contributed by atoms with van der Waals surface area (Å²) in [5.41, 5.74) is 0.872. The van der Waals surface area contributed by atoms with Crippen molar-refractivity contribution in [3.05, 3.63) is 42.2 Å². The molecule has 2 aromatic rings. The molecule has 1 aliphatic heterocycles. The Hall–Kier alpha value is -2.19. The second kappa shape index (κ2) is 6.13. The molecule has 1 N–H and O–H groups in total. The first-order valence-electron chi connectivity index (χ1n) is 7.19. The molecule has 0 atom stereocenters. The van der Waals surface area contributed by atoms with Crippen molar-refractivity contribution in [2.24, 2.45) is 0 Å². The van der Waals surface area contributed by atoms with E-state index in [0.29, 0.717) is 24.8 Å². The summed E-state index contributed by atoms with van der Waals surface area (Å²) in [5.74, 6) is 0.862. The highest BCUT2D eigenvalue weighted by atomic mass is 32.2. The van der Waals surface area contributed by atoms with Gasteiger partial charge in [0.05, 0.1) is 13.2 Å². The quantitative estimate of drug-likeness (QED) is 0.887. The Morgan fingerprint density at radius 3 is 2.61 bits per heavy atom. The smallest absolute Gasteiger partial charge is 0.246 e. The number of hydrogen-bond donors (Lipinski definition) is 1. The molecule has 122 valence electrons. The van der Waals surface area contributed by atoms with Gasteiger partial charge in [0, 0.05) is 25.5 Å². The number of aromatic nitrogens is 2. The van der Waals surface area contributed by atoms with Gasteiger partial charge in [0.2, 0.25) is 16.0 Å². The van der Waals surface area contributed by atoms with Crippen LogP contribution in [0.2, 0.25) is 0 Å². The first-order valence-corrected chi connectivity index (χ1v) is 8.63. The Labute approximate surface area is 135 Å². The number of anilines is 1. The van der Waals surface area contributed by atoms with Gasteiger partial charge in [0.1, 0.15) is 10.6 Å². The van der Waals surface area contributed by atoms with Crippen molar-refractivity contribution in [3.63, 3.8) is 0 Å². The molecule has 0 saturated carbocycles. The summed E-state index contributed by atoms with van der Waals surface area (Å²) in [7, 11) is -2.10. The van der Waals surface area contributed by atoms with Gasteiger partial charge in [-0.1, -0.05) is 6.07 Å². The summed E-state index contributed by atoms with van der Waals surface area (Å²) in [4.78, 5) is 8.35. The van der Waals surface area contributed by atoms with Crippen LogP contribution in [0.25, 0.3) is 0 Å². The molecule has 0 unspecified atom stereocenters. The van der Waals surface area contributed by atoms with E-state index >= 15 is 0 Å². The number of benzene rings is 1. The number of sulfonamides is 1. The Bertz CT molecular complexity index is 790. The third kappa shape index (κ3) is 3.13. The van der Waals surface area contributed by atoms with Gasteiger partial charge in [-0.2, -0.15) is 4.31 Å². The maximum absolute atomic E-state index is 12.7. The zero-order chi connectivity index (χ0) is 16.4. The molecule has 1 aliphatic rings. The van der Waals surface area contributed by atoms with Gasteiger partial charge in [-0.3, -0.25) is 0 Å². The van der Waals surface area contributed by atoms with E-state index in [1.807, 2.05) is 13.0 Å². The fourth-order valence-electron chi connectivity index (χ4n) is 2.41. The molecule has 1 aromatic carbocycles. The minimum atomic E-state index is -3.57. The van der Waals surface area contributed by atoms with Crippen LogP contribution in [0.4, 0.5) is 5.95 Å². The Kier molecular flexibility index (Phi) is 4.18. The van der Waals surface area contributed by atoms with Crippen LogP contribution < -0.4 is 10.1 Å². The van der Waals surface area contributed by atoms with Crippen molar-refractivity contribution >= 4 is 16.0 Å². The normalized spacial score (nSPS) is 15.9. The van der Waals surface area contributed by atoms with E-state index in [2.05, 4.69) is 15.3 Å². The highest BCUT2D eigenvalue weighted by Gasteiger charge is 2.38. The van der Waals surface area contributed by atoms with Gasteiger partial charge in [-0.25, -0.2) is 18.4 Å². The summed E-state index contributed by atoms with van der Waals surface area (Å²) >= 11 is 0. The van der Waals surface area contributed by atoms with E-state index in [-0.39, 0.29) is 10.9 Å². The zero-order valence-corrected chi connectivity index (χ0v) is 13.7. The second-order valence-corrected chi connectivity index (χ2v) is 7.30. The fourth-order valence-corrected chi connectivity index (χ4v) is 4.18. The average molecular weight is 334 g/mol. The number of hydrogen-bond acceptors (Lipinski definition) is 6. The average Bonchev–Trinajstić information content (AvgIpc) is 2.51. The lowest BCUT2D eigenvalue weighted by atomic mass is 10.2. The second-order valence-electron chi connectivity index (χ2n) is 5.39. The van der Waals surface area contributed by atoms with E-state index in [1.165, 1.54) is 11.4 Å². The predicted molar refractivity (Wildman–Crippen MR) is 85.9 cm³/mol. The third-order valence-corrected chi connectivity index (χ3v) is 5.54. The van der Waals surface area contributed by atoms with Gasteiger partial charge < -0.3 is 10.1 Å². The zero-order valence-electron chi connectivity index (χ0n) is 12.9. The van der Waals surface area contributed by atoms with Crippen LogP contribution in [0, 0.1) is 6.92 Å². The van der Waals surface area contributed by atoms with E-state index in [4.69, 9.17) is 4.74 Å². The maximum atomic E-state index is 12.7. The minimum Gasteiger partial charge on any atom is -0.495 e. The molecule has 1 saturated heterocycles. The molecule has 23 heavy (non-hydrogen) atoms. The summed E-state index contributed by atoms with van der Waals surface area (Å²) < 4.78 is 32.1. The number of methoxy groups -OCH3 is 1. The molecule has 3 rings (SSSR count). The van der Waals surface area contributed by atoms with E-state index in [9.17, 15) is 8.42 Å². The highest BCUT2D eigenvalue weighted by molar-refractivity contribution is 7.89. The lowest BCUT2D eigenvalue weighted by molar-refractivity contribution is 0.278.